The Morgan fingerprint density at radius 3 is 2.11 bits per heavy atom. The van der Waals surface area contributed by atoms with Crippen LogP contribution in [0.4, 0.5) is 13.2 Å². The largest absolute Gasteiger partial charge is 0.411 e. The van der Waals surface area contributed by atoms with E-state index in [2.05, 4.69) is 0 Å². The number of alkyl halides is 3. The van der Waals surface area contributed by atoms with E-state index in [1.54, 1.807) is 13.8 Å². The van der Waals surface area contributed by atoms with Gasteiger partial charge in [0.15, 0.2) is 0 Å². The highest BCUT2D eigenvalue weighted by molar-refractivity contribution is 5.80. The van der Waals surface area contributed by atoms with Crippen molar-refractivity contribution in [2.24, 2.45) is 5.92 Å². The summed E-state index contributed by atoms with van der Waals surface area (Å²) in [5, 5.41) is 0. The molecule has 0 fully saturated rings. The van der Waals surface area contributed by atoms with Crippen molar-refractivity contribution in [2.75, 3.05) is 20.8 Å². The Labute approximate surface area is 105 Å². The van der Waals surface area contributed by atoms with E-state index < -0.39 is 31.0 Å². The number of methoxy groups -OCH3 is 1. The van der Waals surface area contributed by atoms with Crippen molar-refractivity contribution >= 4 is 5.91 Å². The lowest BCUT2D eigenvalue weighted by Crippen LogP contribution is -2.47. The van der Waals surface area contributed by atoms with Crippen LogP contribution in [-0.4, -0.2) is 50.1 Å². The molecular weight excluding hydrogens is 251 g/mol. The van der Waals surface area contributed by atoms with Crippen LogP contribution >= 0.6 is 0 Å². The minimum atomic E-state index is -4.41. The number of hydrogen-bond donors (Lipinski definition) is 0. The van der Waals surface area contributed by atoms with Gasteiger partial charge in [-0.15, -0.1) is 0 Å². The molecule has 0 aliphatic carbocycles. The van der Waals surface area contributed by atoms with Crippen LogP contribution < -0.4 is 0 Å². The molecule has 4 nitrogen and oxygen atoms in total. The molecule has 0 aromatic rings. The summed E-state index contributed by atoms with van der Waals surface area (Å²) >= 11 is 0. The molecule has 7 heteroatoms. The standard InChI is InChI=1S/C11H20F3NO3/c1-7(2)10(18-6-11(12,13)14)15(4)9(16)8(3)17-5/h7-8,10H,6H2,1-5H3. The number of amides is 1. The van der Waals surface area contributed by atoms with Crippen LogP contribution in [0.3, 0.4) is 0 Å². The van der Waals surface area contributed by atoms with Crippen molar-refractivity contribution < 1.29 is 27.4 Å². The van der Waals surface area contributed by atoms with Crippen molar-refractivity contribution in [2.45, 2.75) is 39.3 Å². The lowest BCUT2D eigenvalue weighted by molar-refractivity contribution is -0.211. The molecule has 18 heavy (non-hydrogen) atoms. The van der Waals surface area contributed by atoms with Gasteiger partial charge in [-0.1, -0.05) is 13.8 Å². The van der Waals surface area contributed by atoms with Gasteiger partial charge >= 0.3 is 6.18 Å². The summed E-state index contributed by atoms with van der Waals surface area (Å²) in [6.45, 7) is 3.51. The van der Waals surface area contributed by atoms with Gasteiger partial charge < -0.3 is 14.4 Å². The van der Waals surface area contributed by atoms with Crippen molar-refractivity contribution in [1.82, 2.24) is 4.90 Å². The number of rotatable bonds is 6. The quantitative estimate of drug-likeness (QED) is 0.694. The van der Waals surface area contributed by atoms with Gasteiger partial charge in [0.2, 0.25) is 0 Å². The van der Waals surface area contributed by atoms with Crippen LogP contribution in [0.2, 0.25) is 0 Å². The van der Waals surface area contributed by atoms with Crippen LogP contribution in [0.5, 0.6) is 0 Å². The summed E-state index contributed by atoms with van der Waals surface area (Å²) < 4.78 is 46.0. The molecule has 0 saturated carbocycles. The Morgan fingerprint density at radius 2 is 1.78 bits per heavy atom. The molecule has 0 aromatic carbocycles. The first kappa shape index (κ1) is 17.2. The Kier molecular flexibility index (Phi) is 6.62. The van der Waals surface area contributed by atoms with E-state index in [1.807, 2.05) is 0 Å². The monoisotopic (exact) mass is 271 g/mol. The molecule has 1 amide bonds. The van der Waals surface area contributed by atoms with Crippen molar-refractivity contribution in [1.29, 1.82) is 0 Å². The number of halogens is 3. The Morgan fingerprint density at radius 1 is 1.28 bits per heavy atom. The molecule has 0 heterocycles. The smallest absolute Gasteiger partial charge is 0.372 e. The predicted molar refractivity (Wildman–Crippen MR) is 59.9 cm³/mol. The van der Waals surface area contributed by atoms with E-state index in [9.17, 15) is 18.0 Å². The van der Waals surface area contributed by atoms with Gasteiger partial charge in [-0.05, 0) is 12.8 Å². The lowest BCUT2D eigenvalue weighted by atomic mass is 10.1. The summed E-state index contributed by atoms with van der Waals surface area (Å²) in [6, 6.07) is 0. The Balaban J connectivity index is 4.64. The van der Waals surface area contributed by atoms with E-state index in [1.165, 1.54) is 21.1 Å². The first-order valence-corrected chi connectivity index (χ1v) is 5.58. The highest BCUT2D eigenvalue weighted by Gasteiger charge is 2.33. The van der Waals surface area contributed by atoms with Crippen LogP contribution in [0.1, 0.15) is 20.8 Å². The van der Waals surface area contributed by atoms with Crippen molar-refractivity contribution in [3.05, 3.63) is 0 Å². The third-order valence-electron chi connectivity index (χ3n) is 2.42. The van der Waals surface area contributed by atoms with Gasteiger partial charge in [0.25, 0.3) is 5.91 Å². The molecule has 2 unspecified atom stereocenters. The van der Waals surface area contributed by atoms with Gasteiger partial charge in [-0.25, -0.2) is 0 Å². The van der Waals surface area contributed by atoms with Gasteiger partial charge in [0.1, 0.15) is 18.9 Å². The molecule has 0 aliphatic rings. The molecule has 108 valence electrons. The summed E-state index contributed by atoms with van der Waals surface area (Å²) in [7, 11) is 2.76. The molecule has 0 saturated heterocycles. The van der Waals surface area contributed by atoms with Gasteiger partial charge in [0, 0.05) is 14.2 Å². The van der Waals surface area contributed by atoms with E-state index in [0.717, 1.165) is 4.90 Å². The maximum Gasteiger partial charge on any atom is 0.411 e. The summed E-state index contributed by atoms with van der Waals surface area (Å²) in [6.07, 6.45) is -6.06. The second kappa shape index (κ2) is 6.94. The summed E-state index contributed by atoms with van der Waals surface area (Å²) in [5.74, 6) is -0.677. The molecule has 0 radical (unpaired) electrons. The highest BCUT2D eigenvalue weighted by atomic mass is 19.4. The number of hydrogen-bond acceptors (Lipinski definition) is 3. The second-order valence-corrected chi connectivity index (χ2v) is 4.39. The third-order valence-corrected chi connectivity index (χ3v) is 2.42. The molecule has 0 aliphatic heterocycles. The first-order chi connectivity index (χ1) is 8.10. The predicted octanol–water partition coefficient (Wildman–Crippen LogP) is 2.04. The van der Waals surface area contributed by atoms with Gasteiger partial charge in [0.05, 0.1) is 0 Å². The zero-order valence-electron chi connectivity index (χ0n) is 11.2. The normalized spacial score (nSPS) is 15.6. The Hall–Kier alpha value is -0.820. The number of likely N-dealkylation sites (N-methyl/N-ethyl adjacent to an activating group) is 1. The lowest BCUT2D eigenvalue weighted by Gasteiger charge is -2.32. The van der Waals surface area contributed by atoms with Gasteiger partial charge in [-0.2, -0.15) is 13.2 Å². The summed E-state index contributed by atoms with van der Waals surface area (Å²) in [5.41, 5.74) is 0. The van der Waals surface area contributed by atoms with E-state index in [4.69, 9.17) is 9.47 Å². The number of ether oxygens (including phenoxy) is 2. The minimum absolute atomic E-state index is 0.259. The Bertz CT molecular complexity index is 269. The maximum absolute atomic E-state index is 12.1. The van der Waals surface area contributed by atoms with Crippen molar-refractivity contribution in [3.63, 3.8) is 0 Å². The molecule has 0 aromatic heterocycles. The van der Waals surface area contributed by atoms with Crippen LogP contribution in [0.15, 0.2) is 0 Å². The average Bonchev–Trinajstić information content (AvgIpc) is 2.24. The van der Waals surface area contributed by atoms with Crippen molar-refractivity contribution in [3.8, 4) is 0 Å². The van der Waals surface area contributed by atoms with Crippen LogP contribution in [-0.2, 0) is 14.3 Å². The zero-order valence-corrected chi connectivity index (χ0v) is 11.2. The highest BCUT2D eigenvalue weighted by Crippen LogP contribution is 2.19. The fourth-order valence-electron chi connectivity index (χ4n) is 1.44. The molecular formula is C11H20F3NO3. The fourth-order valence-corrected chi connectivity index (χ4v) is 1.44. The second-order valence-electron chi connectivity index (χ2n) is 4.39. The molecule has 0 spiro atoms. The summed E-state index contributed by atoms with van der Waals surface area (Å²) in [4.78, 5) is 12.9. The molecule has 2 atom stereocenters. The van der Waals surface area contributed by atoms with Gasteiger partial charge in [-0.3, -0.25) is 4.79 Å². The molecule has 0 bridgehead atoms. The first-order valence-electron chi connectivity index (χ1n) is 5.58. The number of nitrogens with zero attached hydrogens (tertiary/aromatic N) is 1. The zero-order chi connectivity index (χ0) is 14.5. The number of carbonyl (C=O) groups is 1. The third kappa shape index (κ3) is 5.68. The molecule has 0 N–H and O–H groups in total. The van der Waals surface area contributed by atoms with Crippen LogP contribution in [0.25, 0.3) is 0 Å². The maximum atomic E-state index is 12.1. The van der Waals surface area contributed by atoms with E-state index in [-0.39, 0.29) is 5.92 Å². The topological polar surface area (TPSA) is 38.8 Å². The minimum Gasteiger partial charge on any atom is -0.372 e. The van der Waals surface area contributed by atoms with E-state index >= 15 is 0 Å². The number of carbonyl (C=O) groups excluding carboxylic acids is 1. The average molecular weight is 271 g/mol. The fraction of sp³-hybridized carbons (Fsp3) is 0.909. The van der Waals surface area contributed by atoms with E-state index in [0.29, 0.717) is 0 Å². The SMILES string of the molecule is COC(C)C(=O)N(C)C(OCC(F)(F)F)C(C)C. The van der Waals surface area contributed by atoms with Crippen LogP contribution in [0, 0.1) is 5.92 Å². The molecule has 0 rings (SSSR count).